The van der Waals surface area contributed by atoms with Gasteiger partial charge < -0.3 is 9.84 Å². The molecule has 1 N–H and O–H groups in total. The van der Waals surface area contributed by atoms with Gasteiger partial charge in [0.1, 0.15) is 11.5 Å². The normalized spacial score (nSPS) is 12.8. The molecule has 1 aliphatic rings. The van der Waals surface area contributed by atoms with E-state index in [4.69, 9.17) is 4.74 Å². The number of methoxy groups -OCH3 is 1. The van der Waals surface area contributed by atoms with E-state index in [0.717, 1.165) is 11.6 Å². The van der Waals surface area contributed by atoms with E-state index in [2.05, 4.69) is 0 Å². The maximum Gasteiger partial charge on any atom is 0.189 e. The summed E-state index contributed by atoms with van der Waals surface area (Å²) < 4.78 is 33.8. The Kier molecular flexibility index (Phi) is 4.43. The number of benzene rings is 3. The number of phenols is 1. The lowest BCUT2D eigenvalue weighted by Gasteiger charge is -2.11. The highest BCUT2D eigenvalue weighted by atomic mass is 19.2. The Labute approximate surface area is 160 Å². The highest BCUT2D eigenvalue weighted by molar-refractivity contribution is 6.16. The molecule has 0 spiro atoms. The second-order valence-electron chi connectivity index (χ2n) is 6.53. The van der Waals surface area contributed by atoms with Crippen molar-refractivity contribution in [3.05, 3.63) is 100 Å². The molecule has 0 amide bonds. The number of allylic oxidation sites excluding steroid dienone is 1. The first-order valence-corrected chi connectivity index (χ1v) is 8.68. The van der Waals surface area contributed by atoms with Gasteiger partial charge in [-0.3, -0.25) is 4.79 Å². The van der Waals surface area contributed by atoms with Gasteiger partial charge in [-0.25, -0.2) is 8.78 Å². The van der Waals surface area contributed by atoms with E-state index in [-0.39, 0.29) is 23.5 Å². The minimum Gasteiger partial charge on any atom is -0.508 e. The first-order chi connectivity index (χ1) is 13.5. The second kappa shape index (κ2) is 6.93. The number of Topliss-reactive ketones (excluding diaryl/α,β-unsaturated/α-hetero) is 1. The van der Waals surface area contributed by atoms with Crippen LogP contribution in [0.3, 0.4) is 0 Å². The zero-order valence-corrected chi connectivity index (χ0v) is 15.0. The molecule has 0 aromatic heterocycles. The van der Waals surface area contributed by atoms with Crippen LogP contribution in [0.15, 0.2) is 66.2 Å². The molecule has 0 atom stereocenters. The summed E-state index contributed by atoms with van der Waals surface area (Å²) in [6.45, 7) is 0. The molecule has 0 unspecified atom stereocenters. The Bertz CT molecular complexity index is 1120. The predicted molar refractivity (Wildman–Crippen MR) is 102 cm³/mol. The topological polar surface area (TPSA) is 46.5 Å². The molecular weight excluding hydrogens is 362 g/mol. The molecule has 3 aromatic rings. The van der Waals surface area contributed by atoms with Gasteiger partial charge in [-0.2, -0.15) is 0 Å². The number of carbonyl (C=O) groups is 1. The van der Waals surface area contributed by atoms with Crippen molar-refractivity contribution in [3.8, 4) is 11.5 Å². The molecule has 0 bridgehead atoms. The minimum atomic E-state index is -0.989. The summed E-state index contributed by atoms with van der Waals surface area (Å²) in [6.07, 6.45) is 0.275. The van der Waals surface area contributed by atoms with Gasteiger partial charge in [0.2, 0.25) is 0 Å². The van der Waals surface area contributed by atoms with Crippen molar-refractivity contribution in [1.29, 1.82) is 0 Å². The molecule has 1 aliphatic carbocycles. The lowest BCUT2D eigenvalue weighted by Crippen LogP contribution is -2.06. The quantitative estimate of drug-likeness (QED) is 0.656. The Balaban J connectivity index is 1.92. The van der Waals surface area contributed by atoms with Crippen molar-refractivity contribution in [2.75, 3.05) is 7.11 Å². The SMILES string of the molecule is COc1ccc2c(c1)CC(C(=O)c1ccc(O)cc1)=C2c1cccc(F)c1F. The van der Waals surface area contributed by atoms with E-state index < -0.39 is 11.6 Å². The third-order valence-electron chi connectivity index (χ3n) is 4.88. The fraction of sp³-hybridized carbons (Fsp3) is 0.0870. The van der Waals surface area contributed by atoms with E-state index in [9.17, 15) is 18.7 Å². The van der Waals surface area contributed by atoms with Gasteiger partial charge in [-0.05, 0) is 59.2 Å². The van der Waals surface area contributed by atoms with E-state index >= 15 is 0 Å². The molecular formula is C23H16F2O3. The van der Waals surface area contributed by atoms with Crippen LogP contribution in [0.5, 0.6) is 11.5 Å². The summed E-state index contributed by atoms with van der Waals surface area (Å²) in [4.78, 5) is 13.2. The van der Waals surface area contributed by atoms with Crippen molar-refractivity contribution >= 4 is 11.4 Å². The van der Waals surface area contributed by atoms with Crippen LogP contribution in [0.25, 0.3) is 5.57 Å². The van der Waals surface area contributed by atoms with Gasteiger partial charge in [-0.1, -0.05) is 18.2 Å². The molecule has 0 heterocycles. The third-order valence-corrected chi connectivity index (χ3v) is 4.88. The third kappa shape index (κ3) is 2.95. The average Bonchev–Trinajstić information content (AvgIpc) is 3.08. The maximum absolute atomic E-state index is 14.6. The maximum atomic E-state index is 14.6. The number of carbonyl (C=O) groups excluding carboxylic acids is 1. The number of hydrogen-bond acceptors (Lipinski definition) is 3. The average molecular weight is 378 g/mol. The van der Waals surface area contributed by atoms with Crippen LogP contribution in [-0.4, -0.2) is 18.0 Å². The Morgan fingerprint density at radius 2 is 1.75 bits per heavy atom. The summed E-state index contributed by atoms with van der Waals surface area (Å²) in [5.41, 5.74) is 2.65. The summed E-state index contributed by atoms with van der Waals surface area (Å²) >= 11 is 0. The van der Waals surface area contributed by atoms with Crippen LogP contribution in [0, 0.1) is 11.6 Å². The zero-order valence-electron chi connectivity index (χ0n) is 15.0. The number of phenolic OH excluding ortho intramolecular Hbond substituents is 1. The highest BCUT2D eigenvalue weighted by Crippen LogP contribution is 2.41. The number of aromatic hydroxyl groups is 1. The van der Waals surface area contributed by atoms with Crippen LogP contribution in [0.2, 0.25) is 0 Å². The number of hydrogen-bond donors (Lipinski definition) is 1. The Hall–Kier alpha value is -3.47. The summed E-state index contributed by atoms with van der Waals surface area (Å²) in [7, 11) is 1.54. The standard InChI is InChI=1S/C23H16F2O3/c1-28-16-9-10-17-14(11-16)12-19(23(27)13-5-7-15(26)8-6-13)21(17)18-3-2-4-20(24)22(18)25/h2-11,26H,12H2,1H3. The molecule has 0 fully saturated rings. The summed E-state index contributed by atoms with van der Waals surface area (Å²) in [6, 6.07) is 15.1. The number of fused-ring (bicyclic) bond motifs is 1. The smallest absolute Gasteiger partial charge is 0.189 e. The first-order valence-electron chi connectivity index (χ1n) is 8.68. The van der Waals surface area contributed by atoms with E-state index in [0.29, 0.717) is 28.0 Å². The molecule has 0 radical (unpaired) electrons. The van der Waals surface area contributed by atoms with Crippen LogP contribution in [0.4, 0.5) is 8.78 Å². The monoisotopic (exact) mass is 378 g/mol. The zero-order chi connectivity index (χ0) is 19.8. The fourth-order valence-electron chi connectivity index (χ4n) is 3.51. The molecule has 3 nitrogen and oxygen atoms in total. The van der Waals surface area contributed by atoms with Crippen LogP contribution >= 0.6 is 0 Å². The van der Waals surface area contributed by atoms with E-state index in [1.807, 2.05) is 0 Å². The predicted octanol–water partition coefficient (Wildman–Crippen LogP) is 4.92. The Morgan fingerprint density at radius 1 is 1.00 bits per heavy atom. The molecule has 3 aromatic carbocycles. The van der Waals surface area contributed by atoms with Crippen molar-refractivity contribution in [1.82, 2.24) is 0 Å². The van der Waals surface area contributed by atoms with E-state index in [1.165, 1.54) is 36.4 Å². The molecule has 28 heavy (non-hydrogen) atoms. The lowest BCUT2D eigenvalue weighted by atomic mass is 9.93. The van der Waals surface area contributed by atoms with Gasteiger partial charge in [0.25, 0.3) is 0 Å². The molecule has 0 aliphatic heterocycles. The minimum absolute atomic E-state index is 0.0429. The number of ether oxygens (including phenoxy) is 1. The van der Waals surface area contributed by atoms with Crippen molar-refractivity contribution < 1.29 is 23.4 Å². The van der Waals surface area contributed by atoms with Gasteiger partial charge in [0.05, 0.1) is 7.11 Å². The van der Waals surface area contributed by atoms with Gasteiger partial charge in [0, 0.05) is 23.1 Å². The lowest BCUT2D eigenvalue weighted by molar-refractivity contribution is 0.103. The molecule has 0 saturated heterocycles. The van der Waals surface area contributed by atoms with Crippen molar-refractivity contribution in [2.45, 2.75) is 6.42 Å². The summed E-state index contributed by atoms with van der Waals surface area (Å²) in [5, 5.41) is 9.47. The number of rotatable bonds is 4. The van der Waals surface area contributed by atoms with Crippen molar-refractivity contribution in [2.24, 2.45) is 0 Å². The van der Waals surface area contributed by atoms with Crippen LogP contribution in [-0.2, 0) is 6.42 Å². The number of halogens is 2. The van der Waals surface area contributed by atoms with Gasteiger partial charge in [-0.15, -0.1) is 0 Å². The largest absolute Gasteiger partial charge is 0.508 e. The number of ketones is 1. The van der Waals surface area contributed by atoms with Crippen LogP contribution in [0.1, 0.15) is 27.0 Å². The second-order valence-corrected chi connectivity index (χ2v) is 6.53. The van der Waals surface area contributed by atoms with E-state index in [1.54, 1.807) is 25.3 Å². The van der Waals surface area contributed by atoms with Crippen molar-refractivity contribution in [3.63, 3.8) is 0 Å². The Morgan fingerprint density at radius 3 is 2.46 bits per heavy atom. The molecule has 140 valence electrons. The highest BCUT2D eigenvalue weighted by Gasteiger charge is 2.30. The fourth-order valence-corrected chi connectivity index (χ4v) is 3.51. The van der Waals surface area contributed by atoms with Crippen LogP contribution < -0.4 is 4.74 Å². The van der Waals surface area contributed by atoms with Gasteiger partial charge >= 0.3 is 0 Å². The molecule has 0 saturated carbocycles. The molecule has 4 rings (SSSR count). The summed E-state index contributed by atoms with van der Waals surface area (Å²) in [5.74, 6) is -1.59. The molecule has 5 heteroatoms. The first kappa shape index (κ1) is 17.9. The van der Waals surface area contributed by atoms with Gasteiger partial charge in [0.15, 0.2) is 17.4 Å².